The molecular formula is C14H13NO3S2. The molecule has 4 nitrogen and oxygen atoms in total. The summed E-state index contributed by atoms with van der Waals surface area (Å²) in [5, 5.41) is 12.9. The highest BCUT2D eigenvalue weighted by molar-refractivity contribution is 7.21. The molecule has 104 valence electrons. The van der Waals surface area contributed by atoms with E-state index >= 15 is 0 Å². The maximum absolute atomic E-state index is 10.7. The Kier molecular flexibility index (Phi) is 3.35. The average molecular weight is 307 g/mol. The molecule has 0 bridgehead atoms. The second kappa shape index (κ2) is 5.03. The molecule has 20 heavy (non-hydrogen) atoms. The van der Waals surface area contributed by atoms with Gasteiger partial charge in [-0.2, -0.15) is 0 Å². The van der Waals surface area contributed by atoms with Crippen molar-refractivity contribution in [1.29, 1.82) is 0 Å². The molecule has 1 N–H and O–H groups in total. The van der Waals surface area contributed by atoms with Crippen molar-refractivity contribution in [3.63, 3.8) is 0 Å². The minimum Gasteiger partial charge on any atom is -0.489 e. The third-order valence-corrected chi connectivity index (χ3v) is 4.80. The normalized spacial score (nSPS) is 12.9. The van der Waals surface area contributed by atoms with Crippen LogP contribution in [0, 0.1) is 6.92 Å². The third-order valence-electron chi connectivity index (χ3n) is 2.96. The zero-order valence-electron chi connectivity index (χ0n) is 11.0. The van der Waals surface area contributed by atoms with Gasteiger partial charge in [0, 0.05) is 11.5 Å². The highest BCUT2D eigenvalue weighted by Gasteiger charge is 2.15. The molecule has 0 fully saturated rings. The Balaban J connectivity index is 2.08. The number of aryl methyl sites for hydroxylation is 1. The summed E-state index contributed by atoms with van der Waals surface area (Å²) in [5.74, 6) is -0.111. The number of aliphatic carboxylic acids is 1. The number of rotatable bonds is 4. The second-order valence-electron chi connectivity index (χ2n) is 4.64. The van der Waals surface area contributed by atoms with Crippen LogP contribution in [0.2, 0.25) is 0 Å². The number of thiophene rings is 1. The van der Waals surface area contributed by atoms with Gasteiger partial charge in [0.15, 0.2) is 0 Å². The standard InChI is InChI=1S/C14H13NO3S2/c1-7(5-12(16)17)18-10-6-11-13(15-8(2)20-11)14-9(10)3-4-19-14/h3-4,6-7H,5H2,1-2H3,(H,16,17)/t7-/m0/s1. The van der Waals surface area contributed by atoms with E-state index in [-0.39, 0.29) is 12.5 Å². The lowest BCUT2D eigenvalue weighted by atomic mass is 10.2. The van der Waals surface area contributed by atoms with E-state index in [4.69, 9.17) is 9.84 Å². The van der Waals surface area contributed by atoms with Crippen molar-refractivity contribution in [3.8, 4) is 5.75 Å². The van der Waals surface area contributed by atoms with Gasteiger partial charge < -0.3 is 9.84 Å². The van der Waals surface area contributed by atoms with E-state index < -0.39 is 5.97 Å². The molecule has 1 atom stereocenters. The SMILES string of the molecule is Cc1nc2c(cc(O[C@@H](C)CC(=O)O)c3ccsc32)s1. The van der Waals surface area contributed by atoms with E-state index in [1.165, 1.54) is 0 Å². The Morgan fingerprint density at radius 1 is 1.55 bits per heavy atom. The zero-order valence-corrected chi connectivity index (χ0v) is 12.7. The largest absolute Gasteiger partial charge is 0.489 e. The fourth-order valence-electron chi connectivity index (χ4n) is 2.19. The van der Waals surface area contributed by atoms with Gasteiger partial charge in [-0.3, -0.25) is 4.79 Å². The molecule has 0 radical (unpaired) electrons. The fourth-order valence-corrected chi connectivity index (χ4v) is 4.02. The third kappa shape index (κ3) is 2.36. The van der Waals surface area contributed by atoms with Gasteiger partial charge in [0.05, 0.1) is 26.3 Å². The van der Waals surface area contributed by atoms with Crippen molar-refractivity contribution < 1.29 is 14.6 Å². The van der Waals surface area contributed by atoms with Crippen LogP contribution >= 0.6 is 22.7 Å². The lowest BCUT2D eigenvalue weighted by Crippen LogP contribution is -2.16. The molecule has 1 aromatic carbocycles. The number of carboxylic acid groups (broad SMARTS) is 1. The van der Waals surface area contributed by atoms with Crippen LogP contribution in [0.5, 0.6) is 5.75 Å². The number of ether oxygens (including phenoxy) is 1. The average Bonchev–Trinajstić information content (AvgIpc) is 2.92. The number of carbonyl (C=O) groups is 1. The van der Waals surface area contributed by atoms with E-state index in [2.05, 4.69) is 4.98 Å². The van der Waals surface area contributed by atoms with Crippen LogP contribution in [0.15, 0.2) is 17.5 Å². The first kappa shape index (κ1) is 13.3. The van der Waals surface area contributed by atoms with Crippen LogP contribution in [0.4, 0.5) is 0 Å². The number of thiazole rings is 1. The highest BCUT2D eigenvalue weighted by atomic mass is 32.1. The number of fused-ring (bicyclic) bond motifs is 3. The van der Waals surface area contributed by atoms with Crippen LogP contribution in [0.3, 0.4) is 0 Å². The molecule has 3 rings (SSSR count). The van der Waals surface area contributed by atoms with Gasteiger partial charge >= 0.3 is 5.97 Å². The minimum absolute atomic E-state index is 0.00855. The summed E-state index contributed by atoms with van der Waals surface area (Å²) >= 11 is 3.26. The smallest absolute Gasteiger partial charge is 0.307 e. The Bertz CT molecular complexity index is 790. The van der Waals surface area contributed by atoms with Gasteiger partial charge in [0.2, 0.25) is 0 Å². The Labute approximate surface area is 123 Å². The quantitative estimate of drug-likeness (QED) is 0.789. The van der Waals surface area contributed by atoms with Crippen LogP contribution in [-0.4, -0.2) is 22.2 Å². The summed E-state index contributed by atoms with van der Waals surface area (Å²) in [6.07, 6.45) is -0.368. The van der Waals surface area contributed by atoms with Crippen LogP contribution in [0.25, 0.3) is 20.3 Å². The van der Waals surface area contributed by atoms with E-state index in [0.717, 1.165) is 31.1 Å². The summed E-state index contributed by atoms with van der Waals surface area (Å²) in [6, 6.07) is 3.96. The first-order valence-corrected chi connectivity index (χ1v) is 7.90. The van der Waals surface area contributed by atoms with E-state index in [1.807, 2.05) is 24.4 Å². The van der Waals surface area contributed by atoms with E-state index in [0.29, 0.717) is 0 Å². The first-order valence-electron chi connectivity index (χ1n) is 6.20. The van der Waals surface area contributed by atoms with Crippen molar-refractivity contribution >= 4 is 48.9 Å². The fraction of sp³-hybridized carbons (Fsp3) is 0.286. The first-order chi connectivity index (χ1) is 9.54. The molecule has 0 saturated carbocycles. The highest BCUT2D eigenvalue weighted by Crippen LogP contribution is 2.39. The molecule has 0 aliphatic heterocycles. The van der Waals surface area contributed by atoms with Gasteiger partial charge in [0.25, 0.3) is 0 Å². The van der Waals surface area contributed by atoms with Gasteiger partial charge in [-0.25, -0.2) is 4.98 Å². The number of nitrogens with zero attached hydrogens (tertiary/aromatic N) is 1. The summed E-state index contributed by atoms with van der Waals surface area (Å²) in [5.41, 5.74) is 1.01. The van der Waals surface area contributed by atoms with Crippen LogP contribution < -0.4 is 4.74 Å². The van der Waals surface area contributed by atoms with Gasteiger partial charge in [-0.15, -0.1) is 22.7 Å². The van der Waals surface area contributed by atoms with Crippen molar-refractivity contribution in [3.05, 3.63) is 22.5 Å². The number of hydrogen-bond acceptors (Lipinski definition) is 5. The molecule has 0 amide bonds. The maximum Gasteiger partial charge on any atom is 0.307 e. The molecule has 0 saturated heterocycles. The number of aromatic nitrogens is 1. The van der Waals surface area contributed by atoms with E-state index in [1.54, 1.807) is 29.6 Å². The van der Waals surface area contributed by atoms with Crippen LogP contribution in [0.1, 0.15) is 18.4 Å². The predicted octanol–water partition coefficient (Wildman–Crippen LogP) is 4.06. The molecule has 0 unspecified atom stereocenters. The molecule has 2 aromatic heterocycles. The van der Waals surface area contributed by atoms with E-state index in [9.17, 15) is 4.79 Å². The van der Waals surface area contributed by atoms with Crippen molar-refractivity contribution in [2.24, 2.45) is 0 Å². The molecular weight excluding hydrogens is 294 g/mol. The van der Waals surface area contributed by atoms with Gasteiger partial charge in [-0.1, -0.05) is 0 Å². The number of carboxylic acids is 1. The zero-order chi connectivity index (χ0) is 14.3. The lowest BCUT2D eigenvalue weighted by molar-refractivity contribution is -0.138. The Hall–Kier alpha value is -1.66. The van der Waals surface area contributed by atoms with Crippen LogP contribution in [-0.2, 0) is 4.79 Å². The molecule has 2 heterocycles. The van der Waals surface area contributed by atoms with Gasteiger partial charge in [0.1, 0.15) is 11.9 Å². The van der Waals surface area contributed by atoms with Crippen molar-refractivity contribution in [2.45, 2.75) is 26.4 Å². The molecule has 6 heteroatoms. The monoisotopic (exact) mass is 307 g/mol. The Morgan fingerprint density at radius 3 is 3.10 bits per heavy atom. The van der Waals surface area contributed by atoms with Crippen molar-refractivity contribution in [1.82, 2.24) is 4.98 Å². The van der Waals surface area contributed by atoms with Gasteiger partial charge in [-0.05, 0) is 25.3 Å². The molecule has 0 spiro atoms. The van der Waals surface area contributed by atoms with Crippen molar-refractivity contribution in [2.75, 3.05) is 0 Å². The minimum atomic E-state index is -0.853. The topological polar surface area (TPSA) is 59.4 Å². The summed E-state index contributed by atoms with van der Waals surface area (Å²) < 4.78 is 8.00. The predicted molar refractivity (Wildman–Crippen MR) is 82.1 cm³/mol. The summed E-state index contributed by atoms with van der Waals surface area (Å²) in [7, 11) is 0. The molecule has 0 aliphatic rings. The Morgan fingerprint density at radius 2 is 2.35 bits per heavy atom. The maximum atomic E-state index is 10.7. The summed E-state index contributed by atoms with van der Waals surface area (Å²) in [6.45, 7) is 3.76. The molecule has 3 aromatic rings. The lowest BCUT2D eigenvalue weighted by Gasteiger charge is -2.13. The number of benzene rings is 1. The summed E-state index contributed by atoms with van der Waals surface area (Å²) in [4.78, 5) is 15.3. The second-order valence-corrected chi connectivity index (χ2v) is 6.79. The number of hydrogen-bond donors (Lipinski definition) is 1. The molecule has 0 aliphatic carbocycles.